The van der Waals surface area contributed by atoms with E-state index in [4.69, 9.17) is 5.11 Å². The zero-order valence-corrected chi connectivity index (χ0v) is 10.1. The molecule has 0 bridgehead atoms. The summed E-state index contributed by atoms with van der Waals surface area (Å²) in [6.45, 7) is 0.206. The third-order valence-electron chi connectivity index (χ3n) is 2.90. The van der Waals surface area contributed by atoms with E-state index in [1.165, 1.54) is 0 Å². The minimum atomic E-state index is 0.206. The van der Waals surface area contributed by atoms with Gasteiger partial charge in [-0.2, -0.15) is 10.4 Å². The Balaban J connectivity index is 2.37. The number of aromatic nitrogens is 2. The Morgan fingerprint density at radius 3 is 2.83 bits per heavy atom. The van der Waals surface area contributed by atoms with Crippen molar-refractivity contribution < 1.29 is 5.11 Å². The highest BCUT2D eigenvalue weighted by Crippen LogP contribution is 2.26. The van der Waals surface area contributed by atoms with Crippen LogP contribution in [0.15, 0.2) is 30.5 Å². The van der Waals surface area contributed by atoms with Crippen molar-refractivity contribution in [3.8, 4) is 17.3 Å². The normalized spacial score (nSPS) is 10.2. The monoisotopic (exact) mass is 241 g/mol. The van der Waals surface area contributed by atoms with Crippen molar-refractivity contribution in [1.29, 1.82) is 5.26 Å². The Hall–Kier alpha value is -2.12. The molecule has 4 nitrogen and oxygen atoms in total. The molecule has 2 rings (SSSR count). The second-order valence-corrected chi connectivity index (χ2v) is 4.10. The molecule has 4 heteroatoms. The van der Waals surface area contributed by atoms with Gasteiger partial charge in [0.2, 0.25) is 0 Å². The predicted octanol–water partition coefficient (Wildman–Crippen LogP) is 2.26. The van der Waals surface area contributed by atoms with Crippen LogP contribution in [0.25, 0.3) is 11.3 Å². The summed E-state index contributed by atoms with van der Waals surface area (Å²) in [4.78, 5) is 0. The third-order valence-corrected chi connectivity index (χ3v) is 2.90. The van der Waals surface area contributed by atoms with Gasteiger partial charge >= 0.3 is 0 Å². The number of aromatic amines is 1. The van der Waals surface area contributed by atoms with Crippen LogP contribution in [0, 0.1) is 11.3 Å². The summed E-state index contributed by atoms with van der Waals surface area (Å²) in [5, 5.41) is 24.9. The second kappa shape index (κ2) is 5.99. The quantitative estimate of drug-likeness (QED) is 0.789. The number of nitriles is 1. The summed E-state index contributed by atoms with van der Waals surface area (Å²) < 4.78 is 0. The number of hydrogen-bond acceptors (Lipinski definition) is 3. The molecule has 0 saturated heterocycles. The topological polar surface area (TPSA) is 72.7 Å². The number of nitrogens with one attached hydrogen (secondary N) is 1. The molecule has 2 aromatic rings. The lowest BCUT2D eigenvalue weighted by Crippen LogP contribution is -1.95. The van der Waals surface area contributed by atoms with Crippen LogP contribution in [0.1, 0.15) is 24.0 Å². The van der Waals surface area contributed by atoms with Gasteiger partial charge in [0.1, 0.15) is 0 Å². The number of nitrogens with zero attached hydrogens (tertiary/aromatic N) is 2. The lowest BCUT2D eigenvalue weighted by atomic mass is 9.95. The first-order valence-electron chi connectivity index (χ1n) is 5.99. The van der Waals surface area contributed by atoms with Gasteiger partial charge in [-0.1, -0.05) is 12.1 Å². The second-order valence-electron chi connectivity index (χ2n) is 4.10. The zero-order valence-electron chi connectivity index (χ0n) is 10.1. The van der Waals surface area contributed by atoms with E-state index >= 15 is 0 Å². The van der Waals surface area contributed by atoms with E-state index in [0.717, 1.165) is 36.1 Å². The van der Waals surface area contributed by atoms with Gasteiger partial charge in [-0.05, 0) is 37.0 Å². The van der Waals surface area contributed by atoms with Crippen molar-refractivity contribution in [3.63, 3.8) is 0 Å². The van der Waals surface area contributed by atoms with Crippen molar-refractivity contribution in [2.24, 2.45) is 0 Å². The van der Waals surface area contributed by atoms with Crippen LogP contribution >= 0.6 is 0 Å². The highest BCUT2D eigenvalue weighted by molar-refractivity contribution is 5.70. The van der Waals surface area contributed by atoms with E-state index in [1.807, 2.05) is 24.3 Å². The van der Waals surface area contributed by atoms with Crippen LogP contribution < -0.4 is 0 Å². The molecule has 0 amide bonds. The largest absolute Gasteiger partial charge is 0.396 e. The SMILES string of the molecule is N#Cc1cccc(CCCCO)c1-c1ccn[nH]1. The van der Waals surface area contributed by atoms with E-state index in [9.17, 15) is 5.26 Å². The van der Waals surface area contributed by atoms with Crippen molar-refractivity contribution >= 4 is 0 Å². The highest BCUT2D eigenvalue weighted by atomic mass is 16.2. The number of H-pyrrole nitrogens is 1. The highest BCUT2D eigenvalue weighted by Gasteiger charge is 2.11. The number of aryl methyl sites for hydroxylation is 1. The molecule has 1 heterocycles. The average Bonchev–Trinajstić information content (AvgIpc) is 2.92. The van der Waals surface area contributed by atoms with Crippen molar-refractivity contribution in [2.45, 2.75) is 19.3 Å². The number of hydrogen-bond donors (Lipinski definition) is 2. The molecule has 1 aromatic heterocycles. The van der Waals surface area contributed by atoms with Crippen LogP contribution in [0.5, 0.6) is 0 Å². The molecule has 2 N–H and O–H groups in total. The maximum absolute atomic E-state index is 9.19. The zero-order chi connectivity index (χ0) is 12.8. The van der Waals surface area contributed by atoms with E-state index in [1.54, 1.807) is 6.20 Å². The molecular formula is C14H15N3O. The first kappa shape index (κ1) is 12.3. The first-order chi connectivity index (χ1) is 8.86. The Morgan fingerprint density at radius 1 is 1.28 bits per heavy atom. The van der Waals surface area contributed by atoms with E-state index in [2.05, 4.69) is 16.3 Å². The Kier molecular flexibility index (Phi) is 4.11. The third kappa shape index (κ3) is 2.58. The van der Waals surface area contributed by atoms with Gasteiger partial charge in [0.15, 0.2) is 0 Å². The van der Waals surface area contributed by atoms with Crippen molar-refractivity contribution in [2.75, 3.05) is 6.61 Å². The molecule has 0 fully saturated rings. The molecule has 0 aliphatic rings. The van der Waals surface area contributed by atoms with Crippen molar-refractivity contribution in [3.05, 3.63) is 41.6 Å². The molecule has 18 heavy (non-hydrogen) atoms. The van der Waals surface area contributed by atoms with Gasteiger partial charge in [-0.25, -0.2) is 0 Å². The van der Waals surface area contributed by atoms with Gasteiger partial charge in [0.25, 0.3) is 0 Å². The molecule has 1 aromatic carbocycles. The summed E-state index contributed by atoms with van der Waals surface area (Å²) in [7, 11) is 0. The van der Waals surface area contributed by atoms with E-state index < -0.39 is 0 Å². The van der Waals surface area contributed by atoms with E-state index in [0.29, 0.717) is 5.56 Å². The molecule has 0 atom stereocenters. The average molecular weight is 241 g/mol. The van der Waals surface area contributed by atoms with Gasteiger partial charge in [0.05, 0.1) is 17.3 Å². The lowest BCUT2D eigenvalue weighted by molar-refractivity contribution is 0.284. The Morgan fingerprint density at radius 2 is 2.17 bits per heavy atom. The molecule has 0 aliphatic heterocycles. The minimum absolute atomic E-state index is 0.206. The number of benzene rings is 1. The molecular weight excluding hydrogens is 226 g/mol. The van der Waals surface area contributed by atoms with Gasteiger partial charge < -0.3 is 5.11 Å². The van der Waals surface area contributed by atoms with Crippen LogP contribution in [-0.2, 0) is 6.42 Å². The number of unbranched alkanes of at least 4 members (excludes halogenated alkanes) is 1. The summed E-state index contributed by atoms with van der Waals surface area (Å²) in [6.07, 6.45) is 4.22. The first-order valence-corrected chi connectivity index (χ1v) is 5.99. The van der Waals surface area contributed by atoms with Crippen LogP contribution in [-0.4, -0.2) is 21.9 Å². The fraction of sp³-hybridized carbons (Fsp3) is 0.286. The molecule has 0 spiro atoms. The molecule has 92 valence electrons. The van der Waals surface area contributed by atoms with Crippen LogP contribution in [0.4, 0.5) is 0 Å². The van der Waals surface area contributed by atoms with Gasteiger partial charge in [0, 0.05) is 18.4 Å². The fourth-order valence-corrected chi connectivity index (χ4v) is 2.04. The van der Waals surface area contributed by atoms with Gasteiger partial charge in [-0.3, -0.25) is 5.10 Å². The number of rotatable bonds is 5. The number of aliphatic hydroxyl groups excluding tert-OH is 1. The predicted molar refractivity (Wildman–Crippen MR) is 68.8 cm³/mol. The van der Waals surface area contributed by atoms with E-state index in [-0.39, 0.29) is 6.61 Å². The van der Waals surface area contributed by atoms with Crippen LogP contribution in [0.3, 0.4) is 0 Å². The molecule has 0 saturated carbocycles. The summed E-state index contributed by atoms with van der Waals surface area (Å²) in [5.74, 6) is 0. The fourth-order valence-electron chi connectivity index (χ4n) is 2.04. The summed E-state index contributed by atoms with van der Waals surface area (Å²) in [6, 6.07) is 9.81. The van der Waals surface area contributed by atoms with Crippen molar-refractivity contribution in [1.82, 2.24) is 10.2 Å². The molecule has 0 aliphatic carbocycles. The smallest absolute Gasteiger partial charge is 0.0998 e. The Bertz CT molecular complexity index is 541. The maximum Gasteiger partial charge on any atom is 0.0998 e. The summed E-state index contributed by atoms with van der Waals surface area (Å²) >= 11 is 0. The number of aliphatic hydroxyl groups is 1. The molecule has 0 radical (unpaired) electrons. The maximum atomic E-state index is 9.19. The lowest BCUT2D eigenvalue weighted by Gasteiger charge is -2.09. The Labute approximate surface area is 106 Å². The standard InChI is InChI=1S/C14H15N3O/c15-10-12-6-3-5-11(4-1-2-9-18)14(12)13-7-8-16-17-13/h3,5-8,18H,1-2,4,9H2,(H,16,17). The summed E-state index contributed by atoms with van der Waals surface area (Å²) in [5.41, 5.74) is 3.56. The molecule has 0 unspecified atom stereocenters. The minimum Gasteiger partial charge on any atom is -0.396 e. The van der Waals surface area contributed by atoms with Crippen LogP contribution in [0.2, 0.25) is 0 Å². The van der Waals surface area contributed by atoms with Gasteiger partial charge in [-0.15, -0.1) is 0 Å².